The maximum atomic E-state index is 14.1. The number of halogens is 1. The highest BCUT2D eigenvalue weighted by molar-refractivity contribution is 9.09. The number of benzene rings is 2. The van der Waals surface area contributed by atoms with Crippen molar-refractivity contribution in [2.45, 2.75) is 54.9 Å². The smallest absolute Gasteiger partial charge is 0.312 e. The lowest BCUT2D eigenvalue weighted by atomic mass is 9.70. The Morgan fingerprint density at radius 3 is 2.43 bits per heavy atom. The van der Waals surface area contributed by atoms with Crippen LogP contribution in [0.15, 0.2) is 60.7 Å². The molecular weight excluding hydrogens is 540 g/mol. The molecule has 196 valence electrons. The Morgan fingerprint density at radius 2 is 1.81 bits per heavy atom. The Kier molecular flexibility index (Phi) is 7.38. The number of likely N-dealkylation sites (tertiary alicyclic amines) is 1. The Hall–Kier alpha value is -2.75. The molecular formula is C28H31BrN2O6. The van der Waals surface area contributed by atoms with Crippen LogP contribution >= 0.6 is 15.9 Å². The molecule has 0 radical (unpaired) electrons. The number of rotatable bonds is 9. The number of nitrogens with zero attached hydrogens (tertiary/aromatic N) is 1. The van der Waals surface area contributed by atoms with Gasteiger partial charge in [-0.25, -0.2) is 0 Å². The standard InChI is InChI=1S/C28H31BrN2O6/c1-2-36-27(35)21-22-26(34)31(19(16-32)13-17-9-5-3-6-10-17)24(28(22)14-20(29)23(21)37-28)25(33)30-15-18-11-7-4-8-12-18/h3-12,19-24,32H,2,13-16H2,1H3,(H,30,33)/t19-,20?,21-,22+,23-,24?,28?/m1/s1. The van der Waals surface area contributed by atoms with Crippen molar-refractivity contribution in [2.24, 2.45) is 11.8 Å². The van der Waals surface area contributed by atoms with E-state index in [0.717, 1.165) is 11.1 Å². The van der Waals surface area contributed by atoms with Gasteiger partial charge in [-0.3, -0.25) is 14.4 Å². The number of fused-ring (bicyclic) bond motifs is 1. The summed E-state index contributed by atoms with van der Waals surface area (Å²) >= 11 is 3.64. The Balaban J connectivity index is 1.52. The largest absolute Gasteiger partial charge is 0.466 e. The van der Waals surface area contributed by atoms with E-state index in [1.807, 2.05) is 60.7 Å². The van der Waals surface area contributed by atoms with Crippen LogP contribution in [0.1, 0.15) is 24.5 Å². The molecule has 2 bridgehead atoms. The predicted molar refractivity (Wildman–Crippen MR) is 138 cm³/mol. The first-order valence-electron chi connectivity index (χ1n) is 12.7. The highest BCUT2D eigenvalue weighted by Gasteiger charge is 2.77. The van der Waals surface area contributed by atoms with Gasteiger partial charge >= 0.3 is 5.97 Å². The summed E-state index contributed by atoms with van der Waals surface area (Å²) < 4.78 is 11.8. The van der Waals surface area contributed by atoms with Gasteiger partial charge in [-0.1, -0.05) is 76.6 Å². The van der Waals surface area contributed by atoms with E-state index in [9.17, 15) is 19.5 Å². The zero-order valence-corrected chi connectivity index (χ0v) is 22.2. The van der Waals surface area contributed by atoms with Crippen molar-refractivity contribution >= 4 is 33.7 Å². The van der Waals surface area contributed by atoms with E-state index >= 15 is 0 Å². The number of hydrogen-bond donors (Lipinski definition) is 2. The summed E-state index contributed by atoms with van der Waals surface area (Å²) in [5.74, 6) is -2.89. The van der Waals surface area contributed by atoms with E-state index in [1.165, 1.54) is 4.90 Å². The van der Waals surface area contributed by atoms with Gasteiger partial charge in [0.25, 0.3) is 0 Å². The summed E-state index contributed by atoms with van der Waals surface area (Å²) in [5.41, 5.74) is 0.652. The number of nitrogens with one attached hydrogen (secondary N) is 1. The summed E-state index contributed by atoms with van der Waals surface area (Å²) in [6.07, 6.45) is 0.189. The molecule has 0 aliphatic carbocycles. The second-order valence-electron chi connectivity index (χ2n) is 9.89. The van der Waals surface area contributed by atoms with Crippen molar-refractivity contribution in [3.63, 3.8) is 0 Å². The molecule has 3 aliphatic heterocycles. The molecule has 0 saturated carbocycles. The maximum absolute atomic E-state index is 14.1. The lowest BCUT2D eigenvalue weighted by molar-refractivity contribution is -0.155. The minimum Gasteiger partial charge on any atom is -0.466 e. The third-order valence-electron chi connectivity index (χ3n) is 7.76. The van der Waals surface area contributed by atoms with Crippen LogP contribution in [0, 0.1) is 11.8 Å². The summed E-state index contributed by atoms with van der Waals surface area (Å²) in [5, 5.41) is 13.4. The van der Waals surface area contributed by atoms with Crippen molar-refractivity contribution in [1.82, 2.24) is 10.2 Å². The number of hydrogen-bond acceptors (Lipinski definition) is 6. The molecule has 0 aromatic heterocycles. The zero-order chi connectivity index (χ0) is 26.2. The fourth-order valence-corrected chi connectivity index (χ4v) is 7.23. The third kappa shape index (κ3) is 4.47. The fraction of sp³-hybridized carbons (Fsp3) is 0.464. The SMILES string of the molecule is CCOC(=O)[C@H]1[C@@H]2OC3(CC2Br)C(C(=O)NCc2ccccc2)N([C@@H](CO)Cc2ccccc2)C(=O)[C@H]13. The molecule has 1 spiro atoms. The summed E-state index contributed by atoms with van der Waals surface area (Å²) in [4.78, 5) is 42.3. The molecule has 37 heavy (non-hydrogen) atoms. The predicted octanol–water partition coefficient (Wildman–Crippen LogP) is 2.22. The number of amides is 2. The molecule has 2 aromatic carbocycles. The van der Waals surface area contributed by atoms with Gasteiger partial charge in [0.1, 0.15) is 11.6 Å². The average Bonchev–Trinajstić information content (AvgIpc) is 3.50. The number of alkyl halides is 1. The second kappa shape index (κ2) is 10.6. The van der Waals surface area contributed by atoms with Crippen molar-refractivity contribution < 1.29 is 29.0 Å². The minimum absolute atomic E-state index is 0.181. The maximum Gasteiger partial charge on any atom is 0.312 e. The molecule has 2 N–H and O–H groups in total. The molecule has 3 fully saturated rings. The summed E-state index contributed by atoms with van der Waals surface area (Å²) in [6.45, 7) is 1.85. The number of carbonyl (C=O) groups is 3. The van der Waals surface area contributed by atoms with Gasteiger partial charge in [0.2, 0.25) is 11.8 Å². The van der Waals surface area contributed by atoms with Crippen LogP contribution < -0.4 is 5.32 Å². The van der Waals surface area contributed by atoms with Crippen LogP contribution in [0.5, 0.6) is 0 Å². The summed E-state index contributed by atoms with van der Waals surface area (Å²) in [7, 11) is 0. The lowest BCUT2D eigenvalue weighted by Gasteiger charge is -2.37. The Labute approximate surface area is 224 Å². The van der Waals surface area contributed by atoms with Crippen LogP contribution in [0.3, 0.4) is 0 Å². The first-order chi connectivity index (χ1) is 17.9. The molecule has 3 aliphatic rings. The van der Waals surface area contributed by atoms with Crippen LogP contribution in [-0.2, 0) is 36.8 Å². The molecule has 2 aromatic rings. The van der Waals surface area contributed by atoms with Gasteiger partial charge in [0.15, 0.2) is 0 Å². The molecule has 3 unspecified atom stereocenters. The van der Waals surface area contributed by atoms with E-state index < -0.39 is 41.6 Å². The van der Waals surface area contributed by atoms with Crippen LogP contribution in [0.4, 0.5) is 0 Å². The van der Waals surface area contributed by atoms with Gasteiger partial charge in [-0.05, 0) is 30.9 Å². The average molecular weight is 571 g/mol. The third-order valence-corrected chi connectivity index (χ3v) is 8.61. The molecule has 3 saturated heterocycles. The molecule has 8 nitrogen and oxygen atoms in total. The highest BCUT2D eigenvalue weighted by Crippen LogP contribution is 2.60. The highest BCUT2D eigenvalue weighted by atomic mass is 79.9. The Morgan fingerprint density at radius 1 is 1.16 bits per heavy atom. The van der Waals surface area contributed by atoms with Gasteiger partial charge in [-0.2, -0.15) is 0 Å². The monoisotopic (exact) mass is 570 g/mol. The fourth-order valence-electron chi connectivity index (χ4n) is 6.29. The van der Waals surface area contributed by atoms with Gasteiger partial charge in [0.05, 0.1) is 37.2 Å². The van der Waals surface area contributed by atoms with Gasteiger partial charge in [-0.15, -0.1) is 0 Å². The number of carbonyl (C=O) groups excluding carboxylic acids is 3. The van der Waals surface area contributed by atoms with Gasteiger partial charge < -0.3 is 24.8 Å². The molecule has 2 amide bonds. The van der Waals surface area contributed by atoms with E-state index in [0.29, 0.717) is 12.8 Å². The number of ether oxygens (including phenoxy) is 2. The van der Waals surface area contributed by atoms with Crippen LogP contribution in [0.25, 0.3) is 0 Å². The molecule has 9 heteroatoms. The normalized spacial score (nSPS) is 30.7. The first-order valence-corrected chi connectivity index (χ1v) is 13.6. The van der Waals surface area contributed by atoms with Crippen molar-refractivity contribution in [2.75, 3.05) is 13.2 Å². The number of aliphatic hydroxyl groups excluding tert-OH is 1. The first kappa shape index (κ1) is 25.9. The second-order valence-corrected chi connectivity index (χ2v) is 11.1. The van der Waals surface area contributed by atoms with E-state index in [-0.39, 0.29) is 36.4 Å². The van der Waals surface area contributed by atoms with Crippen LogP contribution in [0.2, 0.25) is 0 Å². The lowest BCUT2D eigenvalue weighted by Crippen LogP contribution is -2.58. The topological polar surface area (TPSA) is 105 Å². The molecule has 7 atom stereocenters. The minimum atomic E-state index is -1.20. The van der Waals surface area contributed by atoms with E-state index in [4.69, 9.17) is 9.47 Å². The van der Waals surface area contributed by atoms with E-state index in [2.05, 4.69) is 21.2 Å². The van der Waals surface area contributed by atoms with E-state index in [1.54, 1.807) is 6.92 Å². The van der Waals surface area contributed by atoms with Crippen molar-refractivity contribution in [3.8, 4) is 0 Å². The summed E-state index contributed by atoms with van der Waals surface area (Å²) in [6, 6.07) is 17.4. The van der Waals surface area contributed by atoms with Crippen LogP contribution in [-0.4, -0.2) is 69.6 Å². The quantitative estimate of drug-likeness (QED) is 0.354. The Bertz CT molecular complexity index is 1150. The van der Waals surface area contributed by atoms with Crippen molar-refractivity contribution in [1.29, 1.82) is 0 Å². The number of aliphatic hydroxyl groups is 1. The molecule has 3 heterocycles. The molecule has 5 rings (SSSR count). The van der Waals surface area contributed by atoms with Crippen molar-refractivity contribution in [3.05, 3.63) is 71.8 Å². The number of esters is 1. The zero-order valence-electron chi connectivity index (χ0n) is 20.6. The van der Waals surface area contributed by atoms with Gasteiger partial charge in [0, 0.05) is 11.4 Å².